The van der Waals surface area contributed by atoms with Gasteiger partial charge >= 0.3 is 0 Å². The van der Waals surface area contributed by atoms with Gasteiger partial charge in [0.05, 0.1) is 13.2 Å². The van der Waals surface area contributed by atoms with E-state index in [0.717, 1.165) is 19.6 Å². The molecule has 1 spiro atoms. The molecule has 0 aromatic rings. The maximum Gasteiger partial charge on any atom is 0.173 e. The molecule has 0 atom stereocenters. The summed E-state index contributed by atoms with van der Waals surface area (Å²) in [6.45, 7) is 6.05. The van der Waals surface area contributed by atoms with Crippen LogP contribution in [0.4, 0.5) is 0 Å². The second-order valence-corrected chi connectivity index (χ2v) is 4.19. The van der Waals surface area contributed by atoms with E-state index in [-0.39, 0.29) is 11.2 Å². The Hall–Kier alpha value is -0.0800. The zero-order valence-corrected chi connectivity index (χ0v) is 7.35. The van der Waals surface area contributed by atoms with Gasteiger partial charge in [0, 0.05) is 11.8 Å². The molecular formula is C9H16O2. The lowest BCUT2D eigenvalue weighted by Crippen LogP contribution is -2.40. The SMILES string of the molecule is CC1(C)CCCC12OCCO2. The fourth-order valence-electron chi connectivity index (χ4n) is 2.28. The maximum absolute atomic E-state index is 5.69. The Labute approximate surface area is 67.9 Å². The average Bonchev–Trinajstić information content (AvgIpc) is 2.45. The molecule has 0 unspecified atom stereocenters. The van der Waals surface area contributed by atoms with Crippen molar-refractivity contribution in [2.24, 2.45) is 5.41 Å². The quantitative estimate of drug-likeness (QED) is 0.533. The predicted molar refractivity (Wildman–Crippen MR) is 42.3 cm³/mol. The van der Waals surface area contributed by atoms with Crippen molar-refractivity contribution < 1.29 is 9.47 Å². The van der Waals surface area contributed by atoms with Crippen LogP contribution in [0.25, 0.3) is 0 Å². The first-order valence-electron chi connectivity index (χ1n) is 4.44. The van der Waals surface area contributed by atoms with Crippen LogP contribution in [0.5, 0.6) is 0 Å². The topological polar surface area (TPSA) is 18.5 Å². The summed E-state index contributed by atoms with van der Waals surface area (Å²) < 4.78 is 11.4. The Balaban J connectivity index is 2.22. The van der Waals surface area contributed by atoms with Gasteiger partial charge in [-0.3, -0.25) is 0 Å². The van der Waals surface area contributed by atoms with Crippen LogP contribution in [0.2, 0.25) is 0 Å². The van der Waals surface area contributed by atoms with Gasteiger partial charge in [0.15, 0.2) is 5.79 Å². The van der Waals surface area contributed by atoms with Crippen LogP contribution < -0.4 is 0 Å². The maximum atomic E-state index is 5.69. The zero-order valence-electron chi connectivity index (χ0n) is 7.35. The van der Waals surface area contributed by atoms with Gasteiger partial charge in [-0.05, 0) is 12.8 Å². The van der Waals surface area contributed by atoms with Crippen LogP contribution in [0.3, 0.4) is 0 Å². The number of rotatable bonds is 0. The third-order valence-electron chi connectivity index (χ3n) is 3.09. The molecule has 2 rings (SSSR count). The lowest BCUT2D eigenvalue weighted by Gasteiger charge is -2.35. The van der Waals surface area contributed by atoms with E-state index in [1.807, 2.05) is 0 Å². The lowest BCUT2D eigenvalue weighted by molar-refractivity contribution is -0.210. The number of ether oxygens (including phenoxy) is 2. The van der Waals surface area contributed by atoms with E-state index in [4.69, 9.17) is 9.47 Å². The molecule has 1 aliphatic heterocycles. The summed E-state index contributed by atoms with van der Waals surface area (Å²) in [4.78, 5) is 0. The second kappa shape index (κ2) is 2.20. The highest BCUT2D eigenvalue weighted by Gasteiger charge is 2.53. The Kier molecular flexibility index (Phi) is 1.52. The Morgan fingerprint density at radius 2 is 1.64 bits per heavy atom. The van der Waals surface area contributed by atoms with Gasteiger partial charge in [0.2, 0.25) is 0 Å². The fraction of sp³-hybridized carbons (Fsp3) is 1.00. The highest BCUT2D eigenvalue weighted by Crippen LogP contribution is 2.50. The summed E-state index contributed by atoms with van der Waals surface area (Å²) in [5, 5.41) is 0. The summed E-state index contributed by atoms with van der Waals surface area (Å²) in [6, 6.07) is 0. The van der Waals surface area contributed by atoms with Crippen LogP contribution in [-0.2, 0) is 9.47 Å². The van der Waals surface area contributed by atoms with E-state index in [0.29, 0.717) is 0 Å². The summed E-state index contributed by atoms with van der Waals surface area (Å²) in [5.41, 5.74) is 0.226. The van der Waals surface area contributed by atoms with Crippen LogP contribution in [-0.4, -0.2) is 19.0 Å². The molecule has 0 amide bonds. The van der Waals surface area contributed by atoms with Crippen LogP contribution in [0.15, 0.2) is 0 Å². The summed E-state index contributed by atoms with van der Waals surface area (Å²) in [6.07, 6.45) is 3.56. The van der Waals surface area contributed by atoms with E-state index >= 15 is 0 Å². The van der Waals surface area contributed by atoms with Gasteiger partial charge in [-0.15, -0.1) is 0 Å². The van der Waals surface area contributed by atoms with Crippen molar-refractivity contribution >= 4 is 0 Å². The molecule has 64 valence electrons. The first kappa shape index (κ1) is 7.56. The van der Waals surface area contributed by atoms with Crippen molar-refractivity contribution in [2.75, 3.05) is 13.2 Å². The van der Waals surface area contributed by atoms with Crippen molar-refractivity contribution in [3.63, 3.8) is 0 Å². The van der Waals surface area contributed by atoms with E-state index in [9.17, 15) is 0 Å². The molecule has 1 heterocycles. The van der Waals surface area contributed by atoms with Crippen molar-refractivity contribution in [3.8, 4) is 0 Å². The molecular weight excluding hydrogens is 140 g/mol. The van der Waals surface area contributed by atoms with Crippen molar-refractivity contribution in [1.82, 2.24) is 0 Å². The number of hydrogen-bond donors (Lipinski definition) is 0. The van der Waals surface area contributed by atoms with E-state index in [1.165, 1.54) is 12.8 Å². The molecule has 2 heteroatoms. The molecule has 2 fully saturated rings. The molecule has 2 nitrogen and oxygen atoms in total. The molecule has 0 aromatic carbocycles. The minimum atomic E-state index is -0.215. The highest BCUT2D eigenvalue weighted by molar-refractivity contribution is 4.95. The smallest absolute Gasteiger partial charge is 0.173 e. The molecule has 0 radical (unpaired) electrons. The zero-order chi connectivity index (χ0) is 7.95. The monoisotopic (exact) mass is 156 g/mol. The lowest BCUT2D eigenvalue weighted by atomic mass is 9.86. The molecule has 0 bridgehead atoms. The van der Waals surface area contributed by atoms with Gasteiger partial charge in [-0.1, -0.05) is 13.8 Å². The van der Waals surface area contributed by atoms with Gasteiger partial charge in [0.25, 0.3) is 0 Å². The van der Waals surface area contributed by atoms with Crippen molar-refractivity contribution in [1.29, 1.82) is 0 Å². The predicted octanol–water partition coefficient (Wildman–Crippen LogP) is 1.94. The summed E-state index contributed by atoms with van der Waals surface area (Å²) in [5.74, 6) is -0.215. The molecule has 1 aliphatic carbocycles. The van der Waals surface area contributed by atoms with Gasteiger partial charge in [-0.2, -0.15) is 0 Å². The van der Waals surface area contributed by atoms with Gasteiger partial charge in [-0.25, -0.2) is 0 Å². The normalized spacial score (nSPS) is 33.3. The van der Waals surface area contributed by atoms with E-state index < -0.39 is 0 Å². The van der Waals surface area contributed by atoms with Crippen LogP contribution in [0, 0.1) is 5.41 Å². The highest BCUT2D eigenvalue weighted by atomic mass is 16.7. The second-order valence-electron chi connectivity index (χ2n) is 4.19. The van der Waals surface area contributed by atoms with Crippen molar-refractivity contribution in [2.45, 2.75) is 38.9 Å². The molecule has 2 aliphatic rings. The summed E-state index contributed by atoms with van der Waals surface area (Å²) in [7, 11) is 0. The summed E-state index contributed by atoms with van der Waals surface area (Å²) >= 11 is 0. The minimum absolute atomic E-state index is 0.215. The largest absolute Gasteiger partial charge is 0.347 e. The Bertz CT molecular complexity index is 151. The molecule has 0 aromatic heterocycles. The first-order chi connectivity index (χ1) is 5.16. The van der Waals surface area contributed by atoms with Crippen LogP contribution >= 0.6 is 0 Å². The van der Waals surface area contributed by atoms with Gasteiger partial charge in [0.1, 0.15) is 0 Å². The standard InChI is InChI=1S/C9H16O2/c1-8(2)4-3-5-9(8)10-6-7-11-9/h3-7H2,1-2H3. The van der Waals surface area contributed by atoms with E-state index in [2.05, 4.69) is 13.8 Å². The number of hydrogen-bond acceptors (Lipinski definition) is 2. The van der Waals surface area contributed by atoms with Crippen molar-refractivity contribution in [3.05, 3.63) is 0 Å². The molecule has 1 saturated heterocycles. The average molecular weight is 156 g/mol. The third-order valence-corrected chi connectivity index (χ3v) is 3.09. The molecule has 11 heavy (non-hydrogen) atoms. The fourth-order valence-corrected chi connectivity index (χ4v) is 2.28. The molecule has 1 saturated carbocycles. The van der Waals surface area contributed by atoms with Crippen LogP contribution in [0.1, 0.15) is 33.1 Å². The Morgan fingerprint density at radius 3 is 2.09 bits per heavy atom. The van der Waals surface area contributed by atoms with E-state index in [1.54, 1.807) is 0 Å². The first-order valence-corrected chi connectivity index (χ1v) is 4.44. The Morgan fingerprint density at radius 1 is 1.00 bits per heavy atom. The third kappa shape index (κ3) is 0.926. The minimum Gasteiger partial charge on any atom is -0.347 e. The van der Waals surface area contributed by atoms with Gasteiger partial charge < -0.3 is 9.47 Å². The molecule has 0 N–H and O–H groups in total.